The zero-order chi connectivity index (χ0) is 15.8. The summed E-state index contributed by atoms with van der Waals surface area (Å²) in [6.45, 7) is -0.663. The molecule has 1 aromatic heterocycles. The molecular weight excluding hydrogens is 312 g/mol. The summed E-state index contributed by atoms with van der Waals surface area (Å²) in [4.78, 5) is 21.1. The Balaban J connectivity index is 2.26. The normalized spacial score (nSPS) is 29.8. The van der Waals surface area contributed by atoms with E-state index < -0.39 is 44.8 Å². The Hall–Kier alpha value is -1.20. The monoisotopic (exact) mass is 326 g/mol. The van der Waals surface area contributed by atoms with Gasteiger partial charge < -0.3 is 30.5 Å². The van der Waals surface area contributed by atoms with Crippen molar-refractivity contribution in [2.45, 2.75) is 24.5 Å². The molecule has 1 fully saturated rings. The standard InChI is InChI=1S/C9H13FN3O7P/c10-4-1-13(3-12-8(4)11)9-6(15)7(5(2-14)19-9)20-21(16,17)18/h1,3,5-7,9,11,14-15H,2H2,(H2,16,17,18)/p+1/t5-,6+,7-,9-/m1/s1. The molecule has 0 aliphatic carbocycles. The average Bonchev–Trinajstić information content (AvgIpc) is 2.68. The van der Waals surface area contributed by atoms with E-state index in [1.165, 1.54) is 0 Å². The van der Waals surface area contributed by atoms with E-state index in [-0.39, 0.29) is 5.82 Å². The van der Waals surface area contributed by atoms with E-state index in [4.69, 9.17) is 25.4 Å². The molecule has 10 nitrogen and oxygen atoms in total. The highest BCUT2D eigenvalue weighted by molar-refractivity contribution is 7.46. The molecule has 0 bridgehead atoms. The molecule has 0 amide bonds. The van der Waals surface area contributed by atoms with Crippen molar-refractivity contribution in [2.75, 3.05) is 12.3 Å². The lowest BCUT2D eigenvalue weighted by molar-refractivity contribution is -0.769. The number of aliphatic hydroxyl groups excluding tert-OH is 2. The fourth-order valence-electron chi connectivity index (χ4n) is 1.96. The second-order valence-corrected chi connectivity index (χ2v) is 5.54. The van der Waals surface area contributed by atoms with Crippen LogP contribution in [0.5, 0.6) is 0 Å². The number of hydrogen-bond acceptors (Lipinski definition) is 7. The van der Waals surface area contributed by atoms with Crippen LogP contribution >= 0.6 is 7.82 Å². The van der Waals surface area contributed by atoms with Crippen molar-refractivity contribution in [3.63, 3.8) is 0 Å². The number of halogens is 1. The van der Waals surface area contributed by atoms with Crippen LogP contribution < -0.4 is 10.3 Å². The van der Waals surface area contributed by atoms with Crippen LogP contribution in [-0.4, -0.2) is 49.9 Å². The predicted molar refractivity (Wildman–Crippen MR) is 62.7 cm³/mol. The van der Waals surface area contributed by atoms with Crippen LogP contribution in [0.4, 0.5) is 10.2 Å². The van der Waals surface area contributed by atoms with Gasteiger partial charge in [-0.15, -0.1) is 0 Å². The summed E-state index contributed by atoms with van der Waals surface area (Å²) in [6, 6.07) is 0. The maximum atomic E-state index is 13.4. The Morgan fingerprint density at radius 1 is 1.57 bits per heavy atom. The number of anilines is 1. The summed E-state index contributed by atoms with van der Waals surface area (Å²) < 4.78 is 34.8. The number of nitrogens with two attached hydrogens (primary N) is 1. The molecule has 118 valence electrons. The summed E-state index contributed by atoms with van der Waals surface area (Å²) in [6.07, 6.45) is -3.55. The molecule has 6 N–H and O–H groups in total. The molecule has 4 atom stereocenters. The van der Waals surface area contributed by atoms with Gasteiger partial charge >= 0.3 is 7.82 Å². The van der Waals surface area contributed by atoms with Crippen LogP contribution in [0, 0.1) is 5.82 Å². The van der Waals surface area contributed by atoms with Gasteiger partial charge in [0.15, 0.2) is 0 Å². The van der Waals surface area contributed by atoms with Gasteiger partial charge in [0.1, 0.15) is 24.5 Å². The Bertz CT molecular complexity index is 570. The lowest BCUT2D eigenvalue weighted by atomic mass is 10.1. The molecule has 2 rings (SSSR count). The number of nitrogens with zero attached hydrogens (tertiary/aromatic N) is 2. The lowest BCUT2D eigenvalue weighted by Gasteiger charge is -2.18. The molecular formula is C9H14FN3O7P+. The summed E-state index contributed by atoms with van der Waals surface area (Å²) >= 11 is 0. The van der Waals surface area contributed by atoms with Crippen LogP contribution in [0.2, 0.25) is 0 Å². The van der Waals surface area contributed by atoms with E-state index in [2.05, 4.69) is 9.51 Å². The molecule has 0 aromatic carbocycles. The minimum atomic E-state index is -4.91. The number of hydrogen-bond donors (Lipinski definition) is 5. The zero-order valence-corrected chi connectivity index (χ0v) is 11.4. The Labute approximate surface area is 117 Å². The van der Waals surface area contributed by atoms with E-state index >= 15 is 0 Å². The van der Waals surface area contributed by atoms with Gasteiger partial charge in [-0.05, 0) is 4.98 Å². The quantitative estimate of drug-likeness (QED) is 0.306. The number of nitrogen functional groups attached to an aromatic ring is 1. The minimum Gasteiger partial charge on any atom is -0.394 e. The van der Waals surface area contributed by atoms with Crippen LogP contribution in [0.15, 0.2) is 12.5 Å². The zero-order valence-electron chi connectivity index (χ0n) is 10.5. The fourth-order valence-corrected chi connectivity index (χ4v) is 2.54. The summed E-state index contributed by atoms with van der Waals surface area (Å²) in [7, 11) is -4.91. The van der Waals surface area contributed by atoms with Crippen molar-refractivity contribution in [3.05, 3.63) is 18.3 Å². The van der Waals surface area contributed by atoms with Gasteiger partial charge in [0.2, 0.25) is 12.0 Å². The lowest BCUT2D eigenvalue weighted by Crippen LogP contribution is -2.47. The number of aromatic nitrogens is 2. The molecule has 12 heteroatoms. The second kappa shape index (κ2) is 5.89. The third-order valence-electron chi connectivity index (χ3n) is 2.88. The van der Waals surface area contributed by atoms with Crippen molar-refractivity contribution >= 4 is 13.6 Å². The van der Waals surface area contributed by atoms with E-state index in [1.807, 2.05) is 0 Å². The topological polar surface area (TPSA) is 159 Å². The molecule has 0 unspecified atom stereocenters. The van der Waals surface area contributed by atoms with Crippen molar-refractivity contribution in [2.24, 2.45) is 0 Å². The van der Waals surface area contributed by atoms with E-state index in [9.17, 15) is 14.1 Å². The molecule has 0 radical (unpaired) electrons. The van der Waals surface area contributed by atoms with E-state index in [0.29, 0.717) is 0 Å². The molecule has 21 heavy (non-hydrogen) atoms. The van der Waals surface area contributed by atoms with Crippen molar-refractivity contribution in [1.29, 1.82) is 0 Å². The maximum Gasteiger partial charge on any atom is 0.470 e. The van der Waals surface area contributed by atoms with Gasteiger partial charge in [-0.1, -0.05) is 0 Å². The number of phosphoric ester groups is 1. The van der Waals surface area contributed by atoms with E-state index in [1.54, 1.807) is 0 Å². The molecule has 1 saturated heterocycles. The highest BCUT2D eigenvalue weighted by atomic mass is 31.2. The summed E-state index contributed by atoms with van der Waals surface area (Å²) in [5.41, 5.74) is 5.22. The molecule has 0 spiro atoms. The first-order chi connectivity index (χ1) is 9.73. The Morgan fingerprint density at radius 2 is 2.24 bits per heavy atom. The van der Waals surface area contributed by atoms with Crippen molar-refractivity contribution in [1.82, 2.24) is 4.98 Å². The van der Waals surface area contributed by atoms with Crippen LogP contribution in [0.1, 0.15) is 6.23 Å². The fraction of sp³-hybridized carbons (Fsp3) is 0.556. The number of rotatable bonds is 4. The first-order valence-electron chi connectivity index (χ1n) is 5.73. The van der Waals surface area contributed by atoms with Gasteiger partial charge in [-0.2, -0.15) is 4.39 Å². The molecule has 1 aliphatic heterocycles. The molecule has 2 heterocycles. The first-order valence-corrected chi connectivity index (χ1v) is 7.26. The van der Waals surface area contributed by atoms with E-state index in [0.717, 1.165) is 17.1 Å². The van der Waals surface area contributed by atoms with Gasteiger partial charge in [0.25, 0.3) is 12.1 Å². The highest BCUT2D eigenvalue weighted by Gasteiger charge is 2.50. The highest BCUT2D eigenvalue weighted by Crippen LogP contribution is 2.42. The maximum absolute atomic E-state index is 13.4. The van der Waals surface area contributed by atoms with Gasteiger partial charge in [0, 0.05) is 0 Å². The van der Waals surface area contributed by atoms with Crippen molar-refractivity contribution in [3.8, 4) is 0 Å². The Kier molecular flexibility index (Phi) is 4.54. The predicted octanol–water partition coefficient (Wildman–Crippen LogP) is -2.18. The van der Waals surface area contributed by atoms with Crippen LogP contribution in [0.3, 0.4) is 0 Å². The number of ether oxygens (including phenoxy) is 1. The number of aliphatic hydroxyl groups is 2. The smallest absolute Gasteiger partial charge is 0.394 e. The summed E-state index contributed by atoms with van der Waals surface area (Å²) in [5, 5.41) is 19.1. The number of phosphoric acid groups is 1. The summed E-state index contributed by atoms with van der Waals surface area (Å²) in [5.74, 6) is -1.23. The van der Waals surface area contributed by atoms with Gasteiger partial charge in [-0.3, -0.25) is 4.52 Å². The van der Waals surface area contributed by atoms with Gasteiger partial charge in [0.05, 0.1) is 6.61 Å². The molecule has 1 aliphatic rings. The van der Waals surface area contributed by atoms with Crippen LogP contribution in [0.25, 0.3) is 0 Å². The molecule has 1 aromatic rings. The Morgan fingerprint density at radius 3 is 2.76 bits per heavy atom. The third kappa shape index (κ3) is 3.52. The first kappa shape index (κ1) is 16.2. The average molecular weight is 326 g/mol. The van der Waals surface area contributed by atoms with Gasteiger partial charge in [-0.25, -0.2) is 9.13 Å². The van der Waals surface area contributed by atoms with Crippen LogP contribution in [-0.2, 0) is 13.8 Å². The second-order valence-electron chi connectivity index (χ2n) is 4.35. The minimum absolute atomic E-state index is 0.361. The molecule has 0 saturated carbocycles. The largest absolute Gasteiger partial charge is 0.470 e. The van der Waals surface area contributed by atoms with Crippen molar-refractivity contribution < 1.29 is 42.8 Å². The SMILES string of the molecule is Nc1nc[n+]([C@@H]2O[C@H](CO)[C@@H](OP(=O)(O)O)[C@@H]2O)cc1F. The third-order valence-corrected chi connectivity index (χ3v) is 3.40.